The number of phosphoric ester groups is 1. The summed E-state index contributed by atoms with van der Waals surface area (Å²) >= 11 is 0. The van der Waals surface area contributed by atoms with Crippen molar-refractivity contribution in [3.63, 3.8) is 0 Å². The molecule has 0 aliphatic heterocycles. The Labute approximate surface area is 373 Å². The van der Waals surface area contributed by atoms with E-state index >= 15 is 0 Å². The van der Waals surface area contributed by atoms with Gasteiger partial charge in [-0.3, -0.25) is 9.36 Å². The Morgan fingerprint density at radius 1 is 0.583 bits per heavy atom. The van der Waals surface area contributed by atoms with Gasteiger partial charge < -0.3 is 28.8 Å². The van der Waals surface area contributed by atoms with Gasteiger partial charge in [-0.1, -0.05) is 218 Å². The highest BCUT2D eigenvalue weighted by Gasteiger charge is 2.24. The maximum Gasteiger partial charge on any atom is 0.268 e. The lowest BCUT2D eigenvalue weighted by Crippen LogP contribution is -2.46. The van der Waals surface area contributed by atoms with Crippen LogP contribution in [0.15, 0.2) is 24.3 Å². The number of unbranched alkanes of at least 4 members (excludes halogenated alkanes) is 30. The molecule has 3 atom stereocenters. The lowest BCUT2D eigenvalue weighted by atomic mass is 10.0. The second-order valence-corrected chi connectivity index (χ2v) is 20.3. The smallest absolute Gasteiger partial charge is 0.268 e. The van der Waals surface area contributed by atoms with Crippen LogP contribution in [0.4, 0.5) is 0 Å². The van der Waals surface area contributed by atoms with E-state index in [1.165, 1.54) is 173 Å². The summed E-state index contributed by atoms with van der Waals surface area (Å²) in [7, 11) is 1.31. The molecule has 2 N–H and O–H groups in total. The highest BCUT2D eigenvalue weighted by Crippen LogP contribution is 2.38. The Balaban J connectivity index is 3.98. The van der Waals surface area contributed by atoms with Crippen LogP contribution in [0.3, 0.4) is 0 Å². The molecule has 8 nitrogen and oxygen atoms in total. The number of likely N-dealkylation sites (N-methyl/N-ethyl adjacent to an activating group) is 1. The van der Waals surface area contributed by atoms with Gasteiger partial charge in [-0.15, -0.1) is 0 Å². The average molecular weight is 869 g/mol. The molecule has 0 saturated heterocycles. The fraction of sp³-hybridized carbons (Fsp3) is 0.902. The second kappa shape index (κ2) is 43.2. The van der Waals surface area contributed by atoms with Crippen LogP contribution in [-0.2, 0) is 18.4 Å². The highest BCUT2D eigenvalue weighted by atomic mass is 31.2. The molecule has 60 heavy (non-hydrogen) atoms. The van der Waals surface area contributed by atoms with E-state index in [0.29, 0.717) is 23.9 Å². The summed E-state index contributed by atoms with van der Waals surface area (Å²) in [6.45, 7) is 4.70. The topological polar surface area (TPSA) is 108 Å². The molecular weight excluding hydrogens is 768 g/mol. The van der Waals surface area contributed by atoms with Crippen molar-refractivity contribution in [2.24, 2.45) is 0 Å². The predicted molar refractivity (Wildman–Crippen MR) is 256 cm³/mol. The summed E-state index contributed by atoms with van der Waals surface area (Å²) in [5.74, 6) is -0.165. The van der Waals surface area contributed by atoms with E-state index in [1.54, 1.807) is 0 Å². The molecule has 0 aromatic heterocycles. The number of rotatable bonds is 47. The number of hydrogen-bond acceptors (Lipinski definition) is 6. The number of aliphatic hydroxyl groups is 1. The molecule has 0 rings (SSSR count). The first-order chi connectivity index (χ1) is 29.0. The van der Waals surface area contributed by atoms with Crippen molar-refractivity contribution >= 4 is 13.7 Å². The summed E-state index contributed by atoms with van der Waals surface area (Å²) in [4.78, 5) is 25.3. The van der Waals surface area contributed by atoms with Crippen LogP contribution in [0.2, 0.25) is 0 Å². The molecule has 0 aliphatic rings. The third-order valence-electron chi connectivity index (χ3n) is 11.7. The van der Waals surface area contributed by atoms with Crippen molar-refractivity contribution in [1.82, 2.24) is 5.32 Å². The monoisotopic (exact) mass is 869 g/mol. The van der Waals surface area contributed by atoms with E-state index in [2.05, 4.69) is 43.5 Å². The van der Waals surface area contributed by atoms with Gasteiger partial charge in [-0.25, -0.2) is 0 Å². The number of hydrogen-bond donors (Lipinski definition) is 2. The molecule has 356 valence electrons. The molecule has 0 spiro atoms. The minimum Gasteiger partial charge on any atom is -0.756 e. The van der Waals surface area contributed by atoms with Gasteiger partial charge >= 0.3 is 0 Å². The molecule has 1 amide bonds. The number of amides is 1. The van der Waals surface area contributed by atoms with Gasteiger partial charge in [0.15, 0.2) is 0 Å². The molecule has 0 heterocycles. The fourth-order valence-electron chi connectivity index (χ4n) is 7.60. The molecule has 0 fully saturated rings. The largest absolute Gasteiger partial charge is 0.756 e. The summed E-state index contributed by atoms with van der Waals surface area (Å²) < 4.78 is 23.2. The van der Waals surface area contributed by atoms with Crippen LogP contribution in [0.5, 0.6) is 0 Å². The maximum absolute atomic E-state index is 12.9. The average Bonchev–Trinajstić information content (AvgIpc) is 3.20. The summed E-state index contributed by atoms with van der Waals surface area (Å²) in [5.41, 5.74) is 0. The summed E-state index contributed by atoms with van der Waals surface area (Å²) in [5, 5.41) is 13.9. The zero-order valence-electron chi connectivity index (χ0n) is 40.4. The molecule has 3 unspecified atom stereocenters. The molecule has 0 bridgehead atoms. The summed E-state index contributed by atoms with van der Waals surface area (Å²) in [6.07, 6.45) is 52.1. The normalized spacial score (nSPS) is 14.3. The third-order valence-corrected chi connectivity index (χ3v) is 12.7. The quantitative estimate of drug-likeness (QED) is 0.0273. The van der Waals surface area contributed by atoms with Gasteiger partial charge in [0, 0.05) is 6.42 Å². The molecule has 0 aromatic rings. The Bertz CT molecular complexity index is 1030. The van der Waals surface area contributed by atoms with E-state index in [4.69, 9.17) is 9.05 Å². The van der Waals surface area contributed by atoms with Gasteiger partial charge in [-0.2, -0.15) is 0 Å². The first kappa shape index (κ1) is 59.0. The van der Waals surface area contributed by atoms with Gasteiger partial charge in [-0.05, 0) is 44.9 Å². The maximum atomic E-state index is 12.9. The Kier molecular flexibility index (Phi) is 42.5. The number of nitrogens with zero attached hydrogens (tertiary/aromatic N) is 1. The Morgan fingerprint density at radius 2 is 0.967 bits per heavy atom. The number of carbonyl (C=O) groups excluding carboxylic acids is 1. The molecular formula is C51H101N2O6P. The standard InChI is InChI=1S/C51H101N2O6P/c1-6-8-10-12-14-16-17-18-19-20-21-22-23-24-25-26-27-28-29-30-31-32-33-34-35-37-39-41-43-45-51(55)52-49(48-59-60(56,57)58-47-46-53(3,4)5)50(54)44-42-40-38-36-15-13-11-9-7-2/h17-18,20-21,49-50,54H,6-16,19,22-48H2,1-5H3,(H-,52,55,56,57)/b18-17-,21-20-. The van der Waals surface area contributed by atoms with Crippen LogP contribution < -0.4 is 10.2 Å². The van der Waals surface area contributed by atoms with E-state index in [1.807, 2.05) is 21.1 Å². The zero-order chi connectivity index (χ0) is 44.3. The van der Waals surface area contributed by atoms with E-state index < -0.39 is 20.0 Å². The lowest BCUT2D eigenvalue weighted by molar-refractivity contribution is -0.870. The first-order valence-corrected chi connectivity index (χ1v) is 27.1. The van der Waals surface area contributed by atoms with Crippen molar-refractivity contribution in [3.8, 4) is 0 Å². The molecule has 0 radical (unpaired) electrons. The number of allylic oxidation sites excluding steroid dienone is 4. The number of aliphatic hydroxyl groups excluding tert-OH is 1. The van der Waals surface area contributed by atoms with Gasteiger partial charge in [0.25, 0.3) is 7.82 Å². The van der Waals surface area contributed by atoms with Gasteiger partial charge in [0.2, 0.25) is 5.91 Å². The van der Waals surface area contributed by atoms with E-state index in [0.717, 1.165) is 44.9 Å². The predicted octanol–water partition coefficient (Wildman–Crippen LogP) is 14.2. The molecule has 9 heteroatoms. The SMILES string of the molecule is CCCCCCC/C=C\C/C=C\CCCCCCCCCCCCCCCCCCCC(=O)NC(COP(=O)([O-])OCC[N+](C)(C)C)C(O)CCCCCCCCCCC. The van der Waals surface area contributed by atoms with Gasteiger partial charge in [0.05, 0.1) is 39.9 Å². The third kappa shape index (κ3) is 45.0. The highest BCUT2D eigenvalue weighted by molar-refractivity contribution is 7.45. The number of quaternary nitrogens is 1. The zero-order valence-corrected chi connectivity index (χ0v) is 41.3. The van der Waals surface area contributed by atoms with Gasteiger partial charge in [0.1, 0.15) is 13.2 Å². The van der Waals surface area contributed by atoms with E-state index in [9.17, 15) is 19.4 Å². The molecule has 0 aliphatic carbocycles. The van der Waals surface area contributed by atoms with Crippen molar-refractivity contribution in [2.75, 3.05) is 40.9 Å². The Hall–Kier alpha value is -1.02. The van der Waals surface area contributed by atoms with Crippen molar-refractivity contribution < 1.29 is 32.9 Å². The molecule has 0 saturated carbocycles. The van der Waals surface area contributed by atoms with Crippen LogP contribution in [0.25, 0.3) is 0 Å². The minimum atomic E-state index is -4.56. The van der Waals surface area contributed by atoms with Crippen LogP contribution in [0, 0.1) is 0 Å². The number of carbonyl (C=O) groups is 1. The fourth-order valence-corrected chi connectivity index (χ4v) is 8.32. The van der Waals surface area contributed by atoms with Crippen molar-refractivity contribution in [2.45, 2.75) is 257 Å². The van der Waals surface area contributed by atoms with Crippen LogP contribution in [-0.4, -0.2) is 68.5 Å². The Morgan fingerprint density at radius 3 is 1.38 bits per heavy atom. The van der Waals surface area contributed by atoms with Crippen LogP contribution >= 0.6 is 7.82 Å². The molecule has 0 aromatic carbocycles. The first-order valence-electron chi connectivity index (χ1n) is 25.7. The minimum absolute atomic E-state index is 0.0136. The summed E-state index contributed by atoms with van der Waals surface area (Å²) in [6, 6.07) is -0.795. The lowest BCUT2D eigenvalue weighted by Gasteiger charge is -2.30. The van der Waals surface area contributed by atoms with Crippen molar-refractivity contribution in [1.29, 1.82) is 0 Å². The number of nitrogens with one attached hydrogen (secondary N) is 1. The van der Waals surface area contributed by atoms with Crippen LogP contribution in [0.1, 0.15) is 245 Å². The van der Waals surface area contributed by atoms with Crippen molar-refractivity contribution in [3.05, 3.63) is 24.3 Å². The second-order valence-electron chi connectivity index (χ2n) is 18.9. The van der Waals surface area contributed by atoms with E-state index in [-0.39, 0.29) is 19.1 Å². The number of phosphoric acid groups is 1.